The molecule has 0 atom stereocenters. The lowest BCUT2D eigenvalue weighted by Crippen LogP contribution is -2.17. The quantitative estimate of drug-likeness (QED) is 0.571. The number of benzene rings is 1. The Morgan fingerprint density at radius 2 is 2.19 bits per heavy atom. The van der Waals surface area contributed by atoms with Crippen LogP contribution in [0.5, 0.6) is 0 Å². The van der Waals surface area contributed by atoms with E-state index in [4.69, 9.17) is 6.17 Å². The molecule has 0 spiro atoms. The van der Waals surface area contributed by atoms with Gasteiger partial charge in [-0.1, -0.05) is 26.0 Å². The van der Waals surface area contributed by atoms with Gasteiger partial charge in [-0.3, -0.25) is 4.79 Å². The number of aliphatic hydroxyl groups is 1. The summed E-state index contributed by atoms with van der Waals surface area (Å²) in [5, 5.41) is 6.84. The van der Waals surface area contributed by atoms with E-state index in [-0.39, 0.29) is 18.6 Å². The van der Waals surface area contributed by atoms with Crippen LogP contribution in [0.3, 0.4) is 0 Å². The van der Waals surface area contributed by atoms with Gasteiger partial charge in [0.2, 0.25) is 7.34 Å². The summed E-state index contributed by atoms with van der Waals surface area (Å²) in [4.78, 5) is 11.4. The van der Waals surface area contributed by atoms with Crippen LogP contribution in [0.2, 0.25) is 0 Å². The molecular weight excluding hydrogens is 206 g/mol. The van der Waals surface area contributed by atoms with Gasteiger partial charge in [0.15, 0.2) is 0 Å². The molecule has 0 bridgehead atoms. The van der Waals surface area contributed by atoms with Gasteiger partial charge in [0, 0.05) is 11.6 Å². The van der Waals surface area contributed by atoms with Gasteiger partial charge in [0.1, 0.15) is 6.79 Å². The summed E-state index contributed by atoms with van der Waals surface area (Å²) in [5.41, 5.74) is 1.73. The number of carbonyl (C=O) groups excluding carboxylic acids is 1. The van der Waals surface area contributed by atoms with Crippen LogP contribution in [0.25, 0.3) is 0 Å². The molecule has 0 heterocycles. The van der Waals surface area contributed by atoms with E-state index < -0.39 is 0 Å². The lowest BCUT2D eigenvalue weighted by molar-refractivity contribution is -0.118. The average molecular weight is 224 g/mol. The first-order valence-electron chi connectivity index (χ1n) is 5.60. The van der Waals surface area contributed by atoms with Crippen molar-refractivity contribution >= 4 is 11.6 Å². The van der Waals surface area contributed by atoms with E-state index in [0.717, 1.165) is 11.3 Å². The average Bonchev–Trinajstić information content (AvgIpc) is 2.31. The number of nitrogens with one attached hydrogen (secondary N) is 1. The Hall–Kier alpha value is -1.39. The Labute approximate surface area is 96.7 Å². The maximum Gasteiger partial charge on any atom is 0.226 e. The third-order valence-corrected chi connectivity index (χ3v) is 2.10. The smallest absolute Gasteiger partial charge is 0.226 e. The summed E-state index contributed by atoms with van der Waals surface area (Å²) < 4.78 is 11.5. The zero-order chi connectivity index (χ0) is 12.7. The lowest BCUT2D eigenvalue weighted by Gasteiger charge is -2.08. The van der Waals surface area contributed by atoms with E-state index in [1.165, 1.54) is 0 Å². The molecule has 16 heavy (non-hydrogen) atoms. The first-order valence-corrected chi connectivity index (χ1v) is 5.19. The van der Waals surface area contributed by atoms with Crippen LogP contribution < -0.4 is 5.32 Å². The van der Waals surface area contributed by atoms with Crippen molar-refractivity contribution in [3.8, 4) is 0 Å². The molecule has 0 fully saturated rings. The van der Waals surface area contributed by atoms with Gasteiger partial charge < -0.3 is 15.2 Å². The molecule has 4 nitrogen and oxygen atoms in total. The second kappa shape index (κ2) is 6.25. The molecule has 0 aromatic heterocycles. The van der Waals surface area contributed by atoms with Crippen LogP contribution in [0, 0.1) is 5.92 Å². The zero-order valence-corrected chi connectivity index (χ0v) is 9.53. The lowest BCUT2D eigenvalue weighted by atomic mass is 10.2. The first kappa shape index (κ1) is 11.1. The van der Waals surface area contributed by atoms with Crippen molar-refractivity contribution in [2.75, 3.05) is 12.1 Å². The van der Waals surface area contributed by atoms with Crippen molar-refractivity contribution < 1.29 is 14.6 Å². The molecule has 0 aliphatic carbocycles. The van der Waals surface area contributed by atoms with Gasteiger partial charge in [-0.25, -0.2) is 0 Å². The molecule has 0 radical (unpaired) electrons. The van der Waals surface area contributed by atoms with Crippen molar-refractivity contribution in [2.45, 2.75) is 20.5 Å². The van der Waals surface area contributed by atoms with Gasteiger partial charge in [0.25, 0.3) is 0 Å². The molecule has 0 aliphatic heterocycles. The topological polar surface area (TPSA) is 58.6 Å². The molecule has 2 N–H and O–H groups in total. The van der Waals surface area contributed by atoms with E-state index in [0.29, 0.717) is 6.61 Å². The fourth-order valence-corrected chi connectivity index (χ4v) is 1.13. The zero-order valence-electron chi connectivity index (χ0n) is 10.5. The van der Waals surface area contributed by atoms with E-state index in [1.807, 2.05) is 38.1 Å². The molecule has 1 aromatic carbocycles. The molecule has 1 rings (SSSR count). The van der Waals surface area contributed by atoms with Crippen LogP contribution in [-0.4, -0.2) is 19.2 Å². The number of ether oxygens (including phenoxy) is 1. The largest absolute Gasteiger partial charge is 0.371 e. The van der Waals surface area contributed by atoms with Crippen molar-refractivity contribution in [1.82, 2.24) is 0 Å². The highest BCUT2D eigenvalue weighted by Crippen LogP contribution is 2.11. The highest BCUT2D eigenvalue weighted by Gasteiger charge is 2.06. The van der Waals surface area contributed by atoms with E-state index in [1.54, 1.807) is 0 Å². The van der Waals surface area contributed by atoms with Crippen LogP contribution in [0.4, 0.5) is 5.69 Å². The molecule has 0 saturated carbocycles. The Morgan fingerprint density at radius 3 is 2.75 bits per heavy atom. The summed E-state index contributed by atoms with van der Waals surface area (Å²) >= 11 is 0. The van der Waals surface area contributed by atoms with Gasteiger partial charge in [-0.05, 0) is 17.7 Å². The van der Waals surface area contributed by atoms with Crippen molar-refractivity contribution in [1.29, 1.82) is 1.43 Å². The number of rotatable bonds is 6. The minimum atomic E-state index is -0.0498. The third kappa shape index (κ3) is 4.00. The van der Waals surface area contributed by atoms with Crippen LogP contribution in [0.15, 0.2) is 24.3 Å². The Bertz CT molecular complexity index is 351. The van der Waals surface area contributed by atoms with E-state index in [2.05, 4.69) is 10.4 Å². The van der Waals surface area contributed by atoms with Gasteiger partial charge >= 0.3 is 0 Å². The third-order valence-electron chi connectivity index (χ3n) is 2.10. The van der Waals surface area contributed by atoms with Crippen molar-refractivity contribution in [3.63, 3.8) is 0 Å². The molecule has 0 unspecified atom stereocenters. The fourth-order valence-electron chi connectivity index (χ4n) is 1.13. The second-order valence-electron chi connectivity index (χ2n) is 3.81. The maximum atomic E-state index is 11.4. The summed E-state index contributed by atoms with van der Waals surface area (Å²) in [6.45, 7) is 4.03. The SMILES string of the molecule is [2H]OCOCc1ccc(NC(=O)C(C)C)cc1. The van der Waals surface area contributed by atoms with Gasteiger partial charge in [-0.15, -0.1) is 0 Å². The summed E-state index contributed by atoms with van der Waals surface area (Å²) in [7, 11) is 0. The Morgan fingerprint density at radius 1 is 1.50 bits per heavy atom. The monoisotopic (exact) mass is 224 g/mol. The van der Waals surface area contributed by atoms with Crippen molar-refractivity contribution in [2.24, 2.45) is 5.92 Å². The van der Waals surface area contributed by atoms with Gasteiger partial charge in [-0.2, -0.15) is 0 Å². The number of amides is 1. The molecule has 0 aliphatic rings. The van der Waals surface area contributed by atoms with E-state index in [9.17, 15) is 4.79 Å². The number of hydrogen-bond acceptors (Lipinski definition) is 3. The summed E-state index contributed by atoms with van der Waals surface area (Å²) in [5.74, 6) is -0.0381. The maximum absolute atomic E-state index is 11.4. The standard InChI is InChI=1S/C12H17NO3/c1-9(2)12(15)13-11-5-3-10(4-6-11)7-16-8-14/h3-6,9,14H,7-8H2,1-2H3,(H,13,15)/i14D. The normalized spacial score (nSPS) is 11.3. The molecule has 0 saturated heterocycles. The number of anilines is 1. The van der Waals surface area contributed by atoms with Crippen LogP contribution in [-0.2, 0) is 16.1 Å². The first-order chi connectivity index (χ1) is 8.13. The number of carbonyl (C=O) groups is 1. The van der Waals surface area contributed by atoms with E-state index >= 15 is 0 Å². The minimum absolute atomic E-state index is 0.00314. The Kier molecular flexibility index (Phi) is 4.34. The van der Waals surface area contributed by atoms with Crippen LogP contribution in [0.1, 0.15) is 19.4 Å². The second-order valence-corrected chi connectivity index (χ2v) is 3.81. The van der Waals surface area contributed by atoms with Gasteiger partial charge in [0.05, 0.1) is 6.61 Å². The molecular formula is C12H17NO3. The predicted octanol–water partition coefficient (Wildman–Crippen LogP) is 1.75. The molecule has 4 heteroatoms. The Balaban J connectivity index is 2.47. The molecule has 1 amide bonds. The number of aliphatic hydroxyl groups excluding tert-OH is 1. The van der Waals surface area contributed by atoms with Crippen LogP contribution >= 0.6 is 0 Å². The fraction of sp³-hybridized carbons (Fsp3) is 0.417. The highest BCUT2D eigenvalue weighted by atomic mass is 16.6. The molecule has 88 valence electrons. The molecule has 1 aromatic rings. The number of hydrogen-bond donors (Lipinski definition) is 2. The predicted molar refractivity (Wildman–Crippen MR) is 61.8 cm³/mol. The summed E-state index contributed by atoms with van der Waals surface area (Å²) in [6.07, 6.45) is 0. The highest BCUT2D eigenvalue weighted by molar-refractivity contribution is 5.91. The minimum Gasteiger partial charge on any atom is -0.371 e. The summed E-state index contributed by atoms with van der Waals surface area (Å²) in [6, 6.07) is 7.36. The van der Waals surface area contributed by atoms with Crippen molar-refractivity contribution in [3.05, 3.63) is 29.8 Å².